The number of pyridine rings is 1. The van der Waals surface area contributed by atoms with E-state index in [9.17, 15) is 9.59 Å². The van der Waals surface area contributed by atoms with Gasteiger partial charge >= 0.3 is 11.9 Å². The lowest BCUT2D eigenvalue weighted by Gasteiger charge is -2.06. The van der Waals surface area contributed by atoms with Crippen LogP contribution in [0.25, 0.3) is 0 Å². The van der Waals surface area contributed by atoms with Gasteiger partial charge in [-0.1, -0.05) is 19.8 Å². The Kier molecular flexibility index (Phi) is 6.29. The number of unbranched alkanes of at least 4 members (excludes halogenated alkanes) is 2. The van der Waals surface area contributed by atoms with Crippen LogP contribution in [-0.2, 0) is 4.74 Å². The smallest absolute Gasteiger partial charge is 0.345 e. The van der Waals surface area contributed by atoms with Crippen LogP contribution in [0.4, 0.5) is 0 Å². The minimum absolute atomic E-state index is 0.362. The summed E-state index contributed by atoms with van der Waals surface area (Å²) in [5, 5.41) is 0. The summed E-state index contributed by atoms with van der Waals surface area (Å²) >= 11 is 0. The highest BCUT2D eigenvalue weighted by atomic mass is 16.5. The molecule has 0 N–H and O–H groups in total. The van der Waals surface area contributed by atoms with E-state index in [2.05, 4.69) is 11.9 Å². The van der Waals surface area contributed by atoms with E-state index in [0.717, 1.165) is 19.3 Å². The summed E-state index contributed by atoms with van der Waals surface area (Å²) in [6.07, 6.45) is 6.00. The highest BCUT2D eigenvalue weighted by molar-refractivity contribution is 5.91. The summed E-state index contributed by atoms with van der Waals surface area (Å²) in [6.45, 7) is 2.51. The van der Waals surface area contributed by atoms with Gasteiger partial charge in [0.05, 0.1) is 17.7 Å². The van der Waals surface area contributed by atoms with Gasteiger partial charge in [0.1, 0.15) is 5.75 Å². The van der Waals surface area contributed by atoms with Crippen molar-refractivity contribution in [3.8, 4) is 5.75 Å². The van der Waals surface area contributed by atoms with Crippen molar-refractivity contribution in [1.29, 1.82) is 0 Å². The fourth-order valence-corrected chi connectivity index (χ4v) is 1.91. The number of benzene rings is 1. The Morgan fingerprint density at radius 2 is 1.78 bits per heavy atom. The Morgan fingerprint density at radius 1 is 1.00 bits per heavy atom. The zero-order valence-corrected chi connectivity index (χ0v) is 13.0. The molecule has 0 fully saturated rings. The zero-order chi connectivity index (χ0) is 16.5. The van der Waals surface area contributed by atoms with E-state index in [0.29, 0.717) is 23.5 Å². The summed E-state index contributed by atoms with van der Waals surface area (Å²) in [4.78, 5) is 27.6. The highest BCUT2D eigenvalue weighted by Gasteiger charge is 2.10. The minimum Gasteiger partial charge on any atom is -0.462 e. The zero-order valence-electron chi connectivity index (χ0n) is 13.0. The van der Waals surface area contributed by atoms with Gasteiger partial charge in [-0.3, -0.25) is 4.98 Å². The summed E-state index contributed by atoms with van der Waals surface area (Å²) in [6, 6.07) is 9.57. The maximum absolute atomic E-state index is 11.9. The number of hydrogen-bond acceptors (Lipinski definition) is 5. The monoisotopic (exact) mass is 313 g/mol. The topological polar surface area (TPSA) is 65.5 Å². The van der Waals surface area contributed by atoms with E-state index in [1.807, 2.05) is 0 Å². The first kappa shape index (κ1) is 16.7. The normalized spacial score (nSPS) is 10.1. The van der Waals surface area contributed by atoms with Crippen LogP contribution < -0.4 is 4.74 Å². The molecule has 5 nitrogen and oxygen atoms in total. The SMILES string of the molecule is CCCCCOC(=O)c1ccc(OC(=O)c2cccnc2)cc1. The average molecular weight is 313 g/mol. The van der Waals surface area contributed by atoms with Gasteiger partial charge in [0.15, 0.2) is 0 Å². The molecule has 1 heterocycles. The molecule has 0 aliphatic rings. The van der Waals surface area contributed by atoms with Crippen LogP contribution in [0.2, 0.25) is 0 Å². The third-order valence-corrected chi connectivity index (χ3v) is 3.18. The largest absolute Gasteiger partial charge is 0.462 e. The number of nitrogens with zero attached hydrogens (tertiary/aromatic N) is 1. The number of hydrogen-bond donors (Lipinski definition) is 0. The van der Waals surface area contributed by atoms with E-state index in [1.54, 1.807) is 42.6 Å². The van der Waals surface area contributed by atoms with Crippen molar-refractivity contribution in [2.24, 2.45) is 0 Å². The molecule has 1 aromatic heterocycles. The van der Waals surface area contributed by atoms with E-state index in [1.165, 1.54) is 6.20 Å². The maximum Gasteiger partial charge on any atom is 0.345 e. The average Bonchev–Trinajstić information content (AvgIpc) is 2.60. The van der Waals surface area contributed by atoms with Gasteiger partial charge in [-0.25, -0.2) is 9.59 Å². The standard InChI is InChI=1S/C18H19NO4/c1-2-3-4-12-22-17(20)14-7-9-16(10-8-14)23-18(21)15-6-5-11-19-13-15/h5-11,13H,2-4,12H2,1H3. The number of aromatic nitrogens is 1. The van der Waals surface area contributed by atoms with Crippen molar-refractivity contribution in [3.05, 3.63) is 59.9 Å². The molecule has 0 bridgehead atoms. The van der Waals surface area contributed by atoms with Crippen molar-refractivity contribution in [3.63, 3.8) is 0 Å². The van der Waals surface area contributed by atoms with Crippen molar-refractivity contribution < 1.29 is 19.1 Å². The van der Waals surface area contributed by atoms with Crippen molar-refractivity contribution >= 4 is 11.9 Å². The predicted molar refractivity (Wildman–Crippen MR) is 85.4 cm³/mol. The molecule has 1 aromatic carbocycles. The fraction of sp³-hybridized carbons (Fsp3) is 0.278. The van der Waals surface area contributed by atoms with Gasteiger partial charge in [0, 0.05) is 12.4 Å². The number of rotatable bonds is 7. The minimum atomic E-state index is -0.493. The molecule has 0 amide bonds. The molecule has 0 saturated carbocycles. The molecule has 2 aromatic rings. The number of ether oxygens (including phenoxy) is 2. The molecule has 0 radical (unpaired) electrons. The molecule has 0 aliphatic heterocycles. The summed E-state index contributed by atoms with van der Waals surface area (Å²) < 4.78 is 10.4. The summed E-state index contributed by atoms with van der Waals surface area (Å²) in [5.41, 5.74) is 0.801. The van der Waals surface area contributed by atoms with Crippen LogP contribution in [0.1, 0.15) is 46.9 Å². The van der Waals surface area contributed by atoms with E-state index >= 15 is 0 Å². The molecule has 0 saturated heterocycles. The molecular formula is C18H19NO4. The molecule has 5 heteroatoms. The molecular weight excluding hydrogens is 294 g/mol. The second-order valence-electron chi connectivity index (χ2n) is 5.00. The van der Waals surface area contributed by atoms with Crippen LogP contribution in [0.5, 0.6) is 5.75 Å². The Bertz CT molecular complexity index is 638. The van der Waals surface area contributed by atoms with Crippen LogP contribution in [0, 0.1) is 0 Å². The van der Waals surface area contributed by atoms with Gasteiger partial charge in [0.25, 0.3) is 0 Å². The second-order valence-corrected chi connectivity index (χ2v) is 5.00. The van der Waals surface area contributed by atoms with Gasteiger partial charge in [-0.05, 0) is 42.8 Å². The molecule has 0 atom stereocenters. The van der Waals surface area contributed by atoms with Crippen molar-refractivity contribution in [2.45, 2.75) is 26.2 Å². The van der Waals surface area contributed by atoms with E-state index < -0.39 is 5.97 Å². The Hall–Kier alpha value is -2.69. The Labute approximate surface area is 135 Å². The van der Waals surface area contributed by atoms with Crippen LogP contribution in [0.3, 0.4) is 0 Å². The lowest BCUT2D eigenvalue weighted by atomic mass is 10.2. The summed E-state index contributed by atoms with van der Waals surface area (Å²) in [7, 11) is 0. The van der Waals surface area contributed by atoms with Gasteiger partial charge < -0.3 is 9.47 Å². The molecule has 0 aliphatic carbocycles. The van der Waals surface area contributed by atoms with Crippen molar-refractivity contribution in [2.75, 3.05) is 6.61 Å². The van der Waals surface area contributed by atoms with Crippen LogP contribution >= 0.6 is 0 Å². The van der Waals surface area contributed by atoms with Gasteiger partial charge in [0.2, 0.25) is 0 Å². The van der Waals surface area contributed by atoms with Gasteiger partial charge in [-0.2, -0.15) is 0 Å². The third-order valence-electron chi connectivity index (χ3n) is 3.18. The Morgan fingerprint density at radius 3 is 2.43 bits per heavy atom. The first-order chi connectivity index (χ1) is 11.2. The third kappa shape index (κ3) is 5.21. The van der Waals surface area contributed by atoms with E-state index in [-0.39, 0.29) is 5.97 Å². The quantitative estimate of drug-likeness (QED) is 0.443. The first-order valence-corrected chi connectivity index (χ1v) is 7.60. The fourth-order valence-electron chi connectivity index (χ4n) is 1.91. The highest BCUT2D eigenvalue weighted by Crippen LogP contribution is 2.15. The molecule has 0 spiro atoms. The van der Waals surface area contributed by atoms with Crippen molar-refractivity contribution in [1.82, 2.24) is 4.98 Å². The number of carbonyl (C=O) groups excluding carboxylic acids is 2. The molecule has 23 heavy (non-hydrogen) atoms. The lowest BCUT2D eigenvalue weighted by Crippen LogP contribution is -2.09. The summed E-state index contributed by atoms with van der Waals surface area (Å²) in [5.74, 6) is -0.499. The molecule has 120 valence electrons. The number of esters is 2. The first-order valence-electron chi connectivity index (χ1n) is 7.60. The number of carbonyl (C=O) groups is 2. The second kappa shape index (κ2) is 8.68. The Balaban J connectivity index is 1.89. The molecule has 2 rings (SSSR count). The van der Waals surface area contributed by atoms with E-state index in [4.69, 9.17) is 9.47 Å². The predicted octanol–water partition coefficient (Wildman–Crippen LogP) is 3.65. The maximum atomic E-state index is 11.9. The van der Waals surface area contributed by atoms with Crippen LogP contribution in [-0.4, -0.2) is 23.5 Å². The molecule has 0 unspecified atom stereocenters. The lowest BCUT2D eigenvalue weighted by molar-refractivity contribution is 0.0498. The van der Waals surface area contributed by atoms with Crippen LogP contribution in [0.15, 0.2) is 48.8 Å². The van der Waals surface area contributed by atoms with Gasteiger partial charge in [-0.15, -0.1) is 0 Å².